The highest BCUT2D eigenvalue weighted by atomic mass is 16.3. The second-order valence-electron chi connectivity index (χ2n) is 6.64. The number of hydrogen-bond donors (Lipinski definition) is 1. The molecule has 0 bridgehead atoms. The van der Waals surface area contributed by atoms with Crippen molar-refractivity contribution < 1.29 is 5.11 Å². The Hall–Kier alpha value is -2.82. The predicted molar refractivity (Wildman–Crippen MR) is 98.7 cm³/mol. The maximum Gasteiger partial charge on any atom is 0.135 e. The fourth-order valence-electron chi connectivity index (χ4n) is 3.63. The molecule has 0 aliphatic carbocycles. The summed E-state index contributed by atoms with van der Waals surface area (Å²) in [4.78, 5) is 6.68. The summed E-state index contributed by atoms with van der Waals surface area (Å²) in [5.74, 6) is 1.46. The van der Waals surface area contributed by atoms with Crippen molar-refractivity contribution in [1.82, 2.24) is 14.8 Å². The van der Waals surface area contributed by atoms with Gasteiger partial charge in [-0.3, -0.25) is 4.98 Å². The molecule has 0 saturated carbocycles. The number of fused-ring (bicyclic) bond motifs is 1. The van der Waals surface area contributed by atoms with Gasteiger partial charge in [0.2, 0.25) is 0 Å². The summed E-state index contributed by atoms with van der Waals surface area (Å²) in [5, 5.41) is 14.5. The average molecular weight is 334 g/mol. The first-order valence-electron chi connectivity index (χ1n) is 8.65. The summed E-state index contributed by atoms with van der Waals surface area (Å²) in [6, 6.07) is 9.52. The van der Waals surface area contributed by atoms with Gasteiger partial charge in [0.25, 0.3) is 0 Å². The molecule has 1 N–H and O–H groups in total. The van der Waals surface area contributed by atoms with Gasteiger partial charge in [0.15, 0.2) is 0 Å². The Labute approximate surface area is 147 Å². The highest BCUT2D eigenvalue weighted by Crippen LogP contribution is 2.38. The fraction of sp³-hybridized carbons (Fsp3) is 0.300. The van der Waals surface area contributed by atoms with Crippen LogP contribution in [0.5, 0.6) is 5.75 Å². The van der Waals surface area contributed by atoms with Crippen molar-refractivity contribution in [3.63, 3.8) is 0 Å². The number of aromatic nitrogens is 3. The van der Waals surface area contributed by atoms with Crippen LogP contribution in [0.2, 0.25) is 0 Å². The normalized spacial score (nSPS) is 13.8. The highest BCUT2D eigenvalue weighted by Gasteiger charge is 2.26. The van der Waals surface area contributed by atoms with E-state index in [2.05, 4.69) is 34.5 Å². The second kappa shape index (κ2) is 6.24. The topological polar surface area (TPSA) is 54.2 Å². The van der Waals surface area contributed by atoms with Gasteiger partial charge in [-0.05, 0) is 49.6 Å². The third-order valence-electron chi connectivity index (χ3n) is 4.79. The molecule has 0 radical (unpaired) electrons. The van der Waals surface area contributed by atoms with E-state index in [-0.39, 0.29) is 0 Å². The van der Waals surface area contributed by atoms with Gasteiger partial charge in [0.1, 0.15) is 11.6 Å². The number of aryl methyl sites for hydroxylation is 3. The quantitative estimate of drug-likeness (QED) is 0.794. The summed E-state index contributed by atoms with van der Waals surface area (Å²) >= 11 is 0. The zero-order valence-corrected chi connectivity index (χ0v) is 14.6. The highest BCUT2D eigenvalue weighted by molar-refractivity contribution is 5.80. The molecule has 5 heteroatoms. The molecule has 3 aromatic rings. The van der Waals surface area contributed by atoms with E-state index in [1.54, 1.807) is 6.07 Å². The molecule has 2 aromatic heterocycles. The third kappa shape index (κ3) is 2.86. The lowest BCUT2D eigenvalue weighted by molar-refractivity contribution is 0.473. The van der Waals surface area contributed by atoms with Crippen LogP contribution in [0.3, 0.4) is 0 Å². The lowest BCUT2D eigenvalue weighted by atomic mass is 10.0. The Kier molecular flexibility index (Phi) is 3.92. The van der Waals surface area contributed by atoms with Crippen LogP contribution in [0.1, 0.15) is 23.2 Å². The van der Waals surface area contributed by atoms with E-state index in [1.165, 1.54) is 11.1 Å². The number of benzene rings is 1. The van der Waals surface area contributed by atoms with Crippen LogP contribution < -0.4 is 4.90 Å². The van der Waals surface area contributed by atoms with Crippen LogP contribution in [0.15, 0.2) is 42.7 Å². The fourth-order valence-corrected chi connectivity index (χ4v) is 3.63. The first-order valence-corrected chi connectivity index (χ1v) is 8.65. The van der Waals surface area contributed by atoms with Gasteiger partial charge in [-0.15, -0.1) is 0 Å². The van der Waals surface area contributed by atoms with E-state index in [1.807, 2.05) is 30.6 Å². The first kappa shape index (κ1) is 15.7. The lowest BCUT2D eigenvalue weighted by Gasteiger charge is -2.31. The van der Waals surface area contributed by atoms with E-state index >= 15 is 0 Å². The van der Waals surface area contributed by atoms with E-state index in [0.29, 0.717) is 5.75 Å². The minimum absolute atomic E-state index is 0.308. The maximum absolute atomic E-state index is 9.77. The Morgan fingerprint density at radius 1 is 1.16 bits per heavy atom. The van der Waals surface area contributed by atoms with Gasteiger partial charge in [-0.2, -0.15) is 5.10 Å². The number of phenols is 1. The molecule has 1 aromatic carbocycles. The van der Waals surface area contributed by atoms with Crippen LogP contribution in [0.4, 0.5) is 5.82 Å². The molecule has 0 amide bonds. The molecule has 25 heavy (non-hydrogen) atoms. The van der Waals surface area contributed by atoms with Crippen molar-refractivity contribution >= 4 is 5.82 Å². The molecule has 3 heterocycles. The van der Waals surface area contributed by atoms with Gasteiger partial charge < -0.3 is 10.0 Å². The number of hydrogen-bond acceptors (Lipinski definition) is 4. The molecule has 0 atom stereocenters. The number of aromatic hydroxyl groups is 1. The van der Waals surface area contributed by atoms with Crippen LogP contribution >= 0.6 is 0 Å². The molecule has 1 aliphatic heterocycles. The van der Waals surface area contributed by atoms with E-state index in [4.69, 9.17) is 5.10 Å². The molecular formula is C20H22N4O. The molecule has 128 valence electrons. The van der Waals surface area contributed by atoms with E-state index < -0.39 is 0 Å². The predicted octanol–water partition coefficient (Wildman–Crippen LogP) is 3.68. The van der Waals surface area contributed by atoms with Gasteiger partial charge in [0.05, 0.1) is 5.69 Å². The number of nitrogens with zero attached hydrogens (tertiary/aromatic N) is 4. The Bertz CT molecular complexity index is 916. The smallest absolute Gasteiger partial charge is 0.135 e. The number of rotatable bonds is 3. The Balaban J connectivity index is 1.79. The minimum Gasteiger partial charge on any atom is -0.508 e. The van der Waals surface area contributed by atoms with Crippen molar-refractivity contribution in [1.29, 1.82) is 0 Å². The van der Waals surface area contributed by atoms with Crippen molar-refractivity contribution in [2.45, 2.75) is 33.4 Å². The molecule has 0 spiro atoms. The third-order valence-corrected chi connectivity index (χ3v) is 4.79. The average Bonchev–Trinajstić information content (AvgIpc) is 2.92. The van der Waals surface area contributed by atoms with Crippen LogP contribution in [0.25, 0.3) is 11.1 Å². The largest absolute Gasteiger partial charge is 0.508 e. The van der Waals surface area contributed by atoms with Crippen LogP contribution in [-0.4, -0.2) is 26.4 Å². The number of anilines is 1. The van der Waals surface area contributed by atoms with Gasteiger partial charge >= 0.3 is 0 Å². The zero-order valence-electron chi connectivity index (χ0n) is 14.6. The van der Waals surface area contributed by atoms with Crippen molar-refractivity contribution in [3.05, 3.63) is 59.5 Å². The lowest BCUT2D eigenvalue weighted by Crippen LogP contribution is -2.32. The molecule has 0 fully saturated rings. The molecule has 1 aliphatic rings. The van der Waals surface area contributed by atoms with Crippen LogP contribution in [0, 0.1) is 13.8 Å². The van der Waals surface area contributed by atoms with Crippen molar-refractivity contribution in [3.8, 4) is 16.9 Å². The standard InChI is InChI=1S/C20H22N4O/c1-14-7-8-21-12-18(14)19-15(2)22-24-10-4-9-23(20(19)24)13-16-5-3-6-17(25)11-16/h3,5-8,11-12,25H,4,9-10,13H2,1-2H3. The summed E-state index contributed by atoms with van der Waals surface area (Å²) in [6.45, 7) is 6.85. The number of phenolic OH excluding ortho intramolecular Hbond substituents is 1. The Morgan fingerprint density at radius 2 is 2.04 bits per heavy atom. The molecular weight excluding hydrogens is 312 g/mol. The van der Waals surface area contributed by atoms with Crippen LogP contribution in [-0.2, 0) is 13.1 Å². The van der Waals surface area contributed by atoms with E-state index in [0.717, 1.165) is 48.7 Å². The summed E-state index contributed by atoms with van der Waals surface area (Å²) in [7, 11) is 0. The second-order valence-corrected chi connectivity index (χ2v) is 6.64. The molecule has 0 unspecified atom stereocenters. The van der Waals surface area contributed by atoms with Crippen molar-refractivity contribution in [2.24, 2.45) is 0 Å². The van der Waals surface area contributed by atoms with E-state index in [9.17, 15) is 5.11 Å². The number of pyridine rings is 1. The Morgan fingerprint density at radius 3 is 2.84 bits per heavy atom. The first-order chi connectivity index (χ1) is 12.1. The molecule has 0 saturated heterocycles. The molecule has 5 nitrogen and oxygen atoms in total. The monoisotopic (exact) mass is 334 g/mol. The van der Waals surface area contributed by atoms with Crippen molar-refractivity contribution in [2.75, 3.05) is 11.4 Å². The molecule has 4 rings (SSSR count). The summed E-state index contributed by atoms with van der Waals surface area (Å²) in [6.07, 6.45) is 4.83. The zero-order chi connectivity index (χ0) is 17.4. The van der Waals surface area contributed by atoms with Gasteiger partial charge in [0, 0.05) is 43.2 Å². The maximum atomic E-state index is 9.77. The SMILES string of the molecule is Cc1ccncc1-c1c(C)nn2c1N(Cc1cccc(O)c1)CCC2. The van der Waals surface area contributed by atoms with Gasteiger partial charge in [-0.25, -0.2) is 4.68 Å². The summed E-state index contributed by atoms with van der Waals surface area (Å²) < 4.78 is 2.11. The summed E-state index contributed by atoms with van der Waals surface area (Å²) in [5.41, 5.74) is 5.65. The minimum atomic E-state index is 0.308. The van der Waals surface area contributed by atoms with Gasteiger partial charge in [-0.1, -0.05) is 12.1 Å².